The van der Waals surface area contributed by atoms with Crippen LogP contribution in [0, 0.1) is 11.3 Å². The van der Waals surface area contributed by atoms with Crippen LogP contribution in [0.3, 0.4) is 0 Å². The summed E-state index contributed by atoms with van der Waals surface area (Å²) in [6.45, 7) is 0. The molecular weight excluding hydrogens is 230 g/mol. The number of nitrogens with two attached hydrogens (primary N) is 1. The SMILES string of the molecule is CNC(=O)c1ccn(-c2ccc(N)c(C#N)c2)n1. The Bertz CT molecular complexity index is 638. The molecule has 0 bridgehead atoms. The van der Waals surface area contributed by atoms with Crippen molar-refractivity contribution in [2.24, 2.45) is 0 Å². The highest BCUT2D eigenvalue weighted by molar-refractivity contribution is 5.91. The van der Waals surface area contributed by atoms with Gasteiger partial charge in [0, 0.05) is 18.9 Å². The van der Waals surface area contributed by atoms with Crippen LogP contribution in [-0.2, 0) is 0 Å². The van der Waals surface area contributed by atoms with E-state index in [1.54, 1.807) is 37.5 Å². The monoisotopic (exact) mass is 241 g/mol. The number of aromatic nitrogens is 2. The predicted octanol–water partition coefficient (Wildman–Crippen LogP) is 0.686. The van der Waals surface area contributed by atoms with Crippen molar-refractivity contribution in [1.82, 2.24) is 15.1 Å². The van der Waals surface area contributed by atoms with Crippen LogP contribution in [0.2, 0.25) is 0 Å². The van der Waals surface area contributed by atoms with Gasteiger partial charge < -0.3 is 11.1 Å². The molecule has 3 N–H and O–H groups in total. The van der Waals surface area contributed by atoms with Gasteiger partial charge in [-0.2, -0.15) is 10.4 Å². The molecule has 1 amide bonds. The largest absolute Gasteiger partial charge is 0.398 e. The first-order chi connectivity index (χ1) is 8.65. The highest BCUT2D eigenvalue weighted by atomic mass is 16.1. The van der Waals surface area contributed by atoms with Gasteiger partial charge in [0.25, 0.3) is 5.91 Å². The number of nitriles is 1. The number of nitrogens with zero attached hydrogens (tertiary/aromatic N) is 3. The van der Waals surface area contributed by atoms with Gasteiger partial charge in [0.05, 0.1) is 11.3 Å². The van der Waals surface area contributed by atoms with Crippen LogP contribution in [0.1, 0.15) is 16.1 Å². The maximum atomic E-state index is 11.4. The molecular formula is C12H11N5O. The number of benzene rings is 1. The van der Waals surface area contributed by atoms with E-state index >= 15 is 0 Å². The highest BCUT2D eigenvalue weighted by Crippen LogP contribution is 2.16. The summed E-state index contributed by atoms with van der Waals surface area (Å²) in [5.74, 6) is -0.260. The molecule has 1 aromatic heterocycles. The summed E-state index contributed by atoms with van der Waals surface area (Å²) in [6, 6.07) is 8.59. The van der Waals surface area contributed by atoms with Crippen molar-refractivity contribution in [3.05, 3.63) is 41.7 Å². The van der Waals surface area contributed by atoms with Crippen molar-refractivity contribution in [3.8, 4) is 11.8 Å². The van der Waals surface area contributed by atoms with Crippen LogP contribution in [-0.4, -0.2) is 22.7 Å². The van der Waals surface area contributed by atoms with E-state index in [-0.39, 0.29) is 5.91 Å². The van der Waals surface area contributed by atoms with E-state index in [0.717, 1.165) is 0 Å². The summed E-state index contributed by atoms with van der Waals surface area (Å²) in [5.41, 5.74) is 7.42. The van der Waals surface area contributed by atoms with Gasteiger partial charge in [-0.3, -0.25) is 4.79 Å². The zero-order valence-electron chi connectivity index (χ0n) is 9.71. The molecule has 18 heavy (non-hydrogen) atoms. The number of hydrogen-bond acceptors (Lipinski definition) is 4. The first-order valence-electron chi connectivity index (χ1n) is 5.23. The van der Waals surface area contributed by atoms with Crippen LogP contribution < -0.4 is 11.1 Å². The van der Waals surface area contributed by atoms with E-state index in [0.29, 0.717) is 22.6 Å². The lowest BCUT2D eigenvalue weighted by molar-refractivity contribution is 0.0957. The summed E-state index contributed by atoms with van der Waals surface area (Å²) in [5, 5.41) is 15.5. The molecule has 0 saturated heterocycles. The Kier molecular flexibility index (Phi) is 2.98. The molecule has 0 fully saturated rings. The molecule has 6 nitrogen and oxygen atoms in total. The molecule has 2 rings (SSSR count). The minimum absolute atomic E-state index is 0.260. The number of rotatable bonds is 2. The topological polar surface area (TPSA) is 96.7 Å². The zero-order chi connectivity index (χ0) is 13.1. The molecule has 0 radical (unpaired) electrons. The maximum Gasteiger partial charge on any atom is 0.271 e. The predicted molar refractivity (Wildman–Crippen MR) is 66.1 cm³/mol. The molecule has 1 heterocycles. The molecule has 0 aliphatic heterocycles. The Morgan fingerprint density at radius 1 is 1.50 bits per heavy atom. The third-order valence-electron chi connectivity index (χ3n) is 2.47. The quantitative estimate of drug-likeness (QED) is 0.756. The second kappa shape index (κ2) is 4.59. The average molecular weight is 241 g/mol. The fraction of sp³-hybridized carbons (Fsp3) is 0.0833. The molecule has 0 spiro atoms. The maximum absolute atomic E-state index is 11.4. The summed E-state index contributed by atoms with van der Waals surface area (Å²) < 4.78 is 1.52. The van der Waals surface area contributed by atoms with Crippen LogP contribution in [0.15, 0.2) is 30.5 Å². The molecule has 0 aliphatic rings. The number of carbonyl (C=O) groups excluding carboxylic acids is 1. The Hall–Kier alpha value is -2.81. The van der Waals surface area contributed by atoms with E-state index in [9.17, 15) is 4.79 Å². The van der Waals surface area contributed by atoms with E-state index < -0.39 is 0 Å². The average Bonchev–Trinajstić information content (AvgIpc) is 2.88. The van der Waals surface area contributed by atoms with E-state index in [2.05, 4.69) is 10.4 Å². The smallest absolute Gasteiger partial charge is 0.271 e. The minimum Gasteiger partial charge on any atom is -0.398 e. The van der Waals surface area contributed by atoms with Crippen molar-refractivity contribution >= 4 is 11.6 Å². The van der Waals surface area contributed by atoms with E-state index in [1.807, 2.05) is 6.07 Å². The molecule has 0 unspecified atom stereocenters. The van der Waals surface area contributed by atoms with Crippen molar-refractivity contribution < 1.29 is 4.79 Å². The summed E-state index contributed by atoms with van der Waals surface area (Å²) in [4.78, 5) is 11.4. The second-order valence-electron chi connectivity index (χ2n) is 3.61. The third kappa shape index (κ3) is 2.01. The van der Waals surface area contributed by atoms with Crippen LogP contribution in [0.25, 0.3) is 5.69 Å². The van der Waals surface area contributed by atoms with Gasteiger partial charge in [-0.25, -0.2) is 4.68 Å². The number of carbonyl (C=O) groups is 1. The lowest BCUT2D eigenvalue weighted by Gasteiger charge is -2.03. The molecule has 90 valence electrons. The van der Waals surface area contributed by atoms with Gasteiger partial charge >= 0.3 is 0 Å². The minimum atomic E-state index is -0.260. The normalized spacial score (nSPS) is 9.78. The van der Waals surface area contributed by atoms with Gasteiger partial charge in [0.15, 0.2) is 5.69 Å². The first kappa shape index (κ1) is 11.7. The summed E-state index contributed by atoms with van der Waals surface area (Å²) in [7, 11) is 1.54. The summed E-state index contributed by atoms with van der Waals surface area (Å²) in [6.07, 6.45) is 1.65. The lowest BCUT2D eigenvalue weighted by Crippen LogP contribution is -2.18. The Morgan fingerprint density at radius 2 is 2.28 bits per heavy atom. The lowest BCUT2D eigenvalue weighted by atomic mass is 10.2. The second-order valence-corrected chi connectivity index (χ2v) is 3.61. The van der Waals surface area contributed by atoms with Crippen molar-refractivity contribution in [2.45, 2.75) is 0 Å². The van der Waals surface area contributed by atoms with Crippen LogP contribution >= 0.6 is 0 Å². The Balaban J connectivity index is 2.41. The van der Waals surface area contributed by atoms with Crippen LogP contribution in [0.5, 0.6) is 0 Å². The number of nitrogen functional groups attached to an aromatic ring is 1. The molecule has 1 aromatic carbocycles. The Labute approximate surface area is 104 Å². The van der Waals surface area contributed by atoms with Gasteiger partial charge in [0.1, 0.15) is 6.07 Å². The highest BCUT2D eigenvalue weighted by Gasteiger charge is 2.08. The van der Waals surface area contributed by atoms with Gasteiger partial charge in [0.2, 0.25) is 0 Å². The fourth-order valence-corrected chi connectivity index (χ4v) is 1.50. The molecule has 0 saturated carbocycles. The van der Waals surface area contributed by atoms with Gasteiger partial charge in [-0.15, -0.1) is 0 Å². The number of amides is 1. The fourth-order valence-electron chi connectivity index (χ4n) is 1.50. The van der Waals surface area contributed by atoms with Crippen molar-refractivity contribution in [2.75, 3.05) is 12.8 Å². The van der Waals surface area contributed by atoms with Crippen molar-refractivity contribution in [3.63, 3.8) is 0 Å². The molecule has 2 aromatic rings. The summed E-state index contributed by atoms with van der Waals surface area (Å²) >= 11 is 0. The number of hydrogen-bond donors (Lipinski definition) is 2. The third-order valence-corrected chi connectivity index (χ3v) is 2.47. The molecule has 0 aliphatic carbocycles. The number of nitrogens with one attached hydrogen (secondary N) is 1. The standard InChI is InChI=1S/C12H11N5O/c1-15-12(18)11-4-5-17(16-11)9-2-3-10(14)8(6-9)7-13/h2-6H,14H2,1H3,(H,15,18). The molecule has 0 atom stereocenters. The zero-order valence-corrected chi connectivity index (χ0v) is 9.71. The van der Waals surface area contributed by atoms with Crippen LogP contribution in [0.4, 0.5) is 5.69 Å². The van der Waals surface area contributed by atoms with E-state index in [4.69, 9.17) is 11.0 Å². The van der Waals surface area contributed by atoms with E-state index in [1.165, 1.54) is 4.68 Å². The van der Waals surface area contributed by atoms with Gasteiger partial charge in [-0.1, -0.05) is 0 Å². The van der Waals surface area contributed by atoms with Gasteiger partial charge in [-0.05, 0) is 24.3 Å². The van der Waals surface area contributed by atoms with Crippen molar-refractivity contribution in [1.29, 1.82) is 5.26 Å². The molecule has 6 heteroatoms. The first-order valence-corrected chi connectivity index (χ1v) is 5.23. The number of anilines is 1. The Morgan fingerprint density at radius 3 is 2.94 bits per heavy atom.